The molecule has 3 rings (SSSR count). The summed E-state index contributed by atoms with van der Waals surface area (Å²) in [6, 6.07) is 14.1. The van der Waals surface area contributed by atoms with E-state index in [2.05, 4.69) is 45.5 Å². The van der Waals surface area contributed by atoms with Crippen molar-refractivity contribution in [1.29, 1.82) is 0 Å². The minimum atomic E-state index is -0.00455. The van der Waals surface area contributed by atoms with Gasteiger partial charge in [0.25, 0.3) is 5.91 Å². The SMILES string of the molecule is Cc1ccc(C(=O)NCC2Cc3ccccc32)cc1Br. The summed E-state index contributed by atoms with van der Waals surface area (Å²) >= 11 is 3.46. The highest BCUT2D eigenvalue weighted by Gasteiger charge is 2.25. The number of rotatable bonds is 3. The van der Waals surface area contributed by atoms with Gasteiger partial charge in [-0.2, -0.15) is 0 Å². The third-order valence-corrected chi connectivity index (χ3v) is 4.76. The number of amides is 1. The maximum atomic E-state index is 12.1. The summed E-state index contributed by atoms with van der Waals surface area (Å²) in [4.78, 5) is 12.1. The van der Waals surface area contributed by atoms with E-state index in [-0.39, 0.29) is 5.91 Å². The van der Waals surface area contributed by atoms with Crippen molar-refractivity contribution in [3.8, 4) is 0 Å². The molecule has 0 spiro atoms. The van der Waals surface area contributed by atoms with Crippen LogP contribution >= 0.6 is 15.9 Å². The molecule has 0 aliphatic heterocycles. The van der Waals surface area contributed by atoms with E-state index in [0.717, 1.165) is 16.5 Å². The normalized spacial score (nSPS) is 16.2. The maximum Gasteiger partial charge on any atom is 0.251 e. The van der Waals surface area contributed by atoms with Crippen LogP contribution in [-0.2, 0) is 6.42 Å². The lowest BCUT2D eigenvalue weighted by Crippen LogP contribution is -2.33. The second-order valence-electron chi connectivity index (χ2n) is 5.27. The number of fused-ring (bicyclic) bond motifs is 1. The van der Waals surface area contributed by atoms with E-state index in [9.17, 15) is 4.79 Å². The minimum Gasteiger partial charge on any atom is -0.351 e. The first-order valence-corrected chi connectivity index (χ1v) is 7.56. The van der Waals surface area contributed by atoms with Crippen LogP contribution in [0.1, 0.15) is 33.0 Å². The standard InChI is InChI=1S/C17H16BrNO/c1-11-6-7-13(9-16(11)18)17(20)19-10-14-8-12-4-2-3-5-15(12)14/h2-7,9,14H,8,10H2,1H3,(H,19,20). The minimum absolute atomic E-state index is 0.00455. The van der Waals surface area contributed by atoms with Gasteiger partial charge in [-0.05, 0) is 42.2 Å². The van der Waals surface area contributed by atoms with Crippen molar-refractivity contribution in [2.75, 3.05) is 6.54 Å². The number of carbonyl (C=O) groups is 1. The smallest absolute Gasteiger partial charge is 0.251 e. The fraction of sp³-hybridized carbons (Fsp3) is 0.235. The summed E-state index contributed by atoms with van der Waals surface area (Å²) in [5.41, 5.74) is 4.62. The summed E-state index contributed by atoms with van der Waals surface area (Å²) in [5, 5.41) is 3.03. The number of halogens is 1. The van der Waals surface area contributed by atoms with Crippen LogP contribution in [0.25, 0.3) is 0 Å². The van der Waals surface area contributed by atoms with Gasteiger partial charge in [-0.3, -0.25) is 4.79 Å². The van der Waals surface area contributed by atoms with Crippen LogP contribution in [0.15, 0.2) is 46.9 Å². The molecule has 3 heteroatoms. The maximum absolute atomic E-state index is 12.1. The summed E-state index contributed by atoms with van der Waals surface area (Å²) in [6.45, 7) is 2.72. The van der Waals surface area contributed by atoms with E-state index >= 15 is 0 Å². The van der Waals surface area contributed by atoms with Crippen molar-refractivity contribution < 1.29 is 4.79 Å². The number of hydrogen-bond donors (Lipinski definition) is 1. The highest BCUT2D eigenvalue weighted by molar-refractivity contribution is 9.10. The van der Waals surface area contributed by atoms with Crippen molar-refractivity contribution in [2.24, 2.45) is 0 Å². The van der Waals surface area contributed by atoms with Gasteiger partial charge in [-0.1, -0.05) is 46.3 Å². The van der Waals surface area contributed by atoms with Crippen LogP contribution in [0.5, 0.6) is 0 Å². The molecular formula is C17H16BrNO. The van der Waals surface area contributed by atoms with Crippen molar-refractivity contribution >= 4 is 21.8 Å². The molecule has 1 atom stereocenters. The topological polar surface area (TPSA) is 29.1 Å². The molecule has 0 saturated heterocycles. The van der Waals surface area contributed by atoms with Crippen LogP contribution in [-0.4, -0.2) is 12.5 Å². The number of nitrogens with one attached hydrogen (secondary N) is 1. The molecule has 20 heavy (non-hydrogen) atoms. The molecule has 2 nitrogen and oxygen atoms in total. The third kappa shape index (κ3) is 2.50. The van der Waals surface area contributed by atoms with Gasteiger partial charge in [0.1, 0.15) is 0 Å². The highest BCUT2D eigenvalue weighted by atomic mass is 79.9. The van der Waals surface area contributed by atoms with Crippen LogP contribution < -0.4 is 5.32 Å². The van der Waals surface area contributed by atoms with Crippen molar-refractivity contribution in [3.63, 3.8) is 0 Å². The van der Waals surface area contributed by atoms with Crippen LogP contribution in [0.3, 0.4) is 0 Å². The monoisotopic (exact) mass is 329 g/mol. The second-order valence-corrected chi connectivity index (χ2v) is 6.13. The number of aryl methyl sites for hydroxylation is 1. The Morgan fingerprint density at radius 2 is 2.10 bits per heavy atom. The highest BCUT2D eigenvalue weighted by Crippen LogP contribution is 2.34. The van der Waals surface area contributed by atoms with Gasteiger partial charge in [0, 0.05) is 22.5 Å². The van der Waals surface area contributed by atoms with Gasteiger partial charge < -0.3 is 5.32 Å². The van der Waals surface area contributed by atoms with E-state index < -0.39 is 0 Å². The van der Waals surface area contributed by atoms with Crippen LogP contribution in [0.4, 0.5) is 0 Å². The van der Waals surface area contributed by atoms with Crippen molar-refractivity contribution in [2.45, 2.75) is 19.3 Å². The van der Waals surface area contributed by atoms with Gasteiger partial charge in [-0.25, -0.2) is 0 Å². The molecule has 2 aromatic rings. The molecule has 1 amide bonds. The van der Waals surface area contributed by atoms with E-state index in [1.54, 1.807) is 0 Å². The number of benzene rings is 2. The van der Waals surface area contributed by atoms with Crippen molar-refractivity contribution in [1.82, 2.24) is 5.32 Å². The molecule has 0 aromatic heterocycles. The molecule has 1 unspecified atom stereocenters. The number of carbonyl (C=O) groups excluding carboxylic acids is 1. The van der Waals surface area contributed by atoms with E-state index in [1.807, 2.05) is 25.1 Å². The predicted octanol–water partition coefficient (Wildman–Crippen LogP) is 3.83. The van der Waals surface area contributed by atoms with Gasteiger partial charge in [-0.15, -0.1) is 0 Å². The number of hydrogen-bond acceptors (Lipinski definition) is 1. The van der Waals surface area contributed by atoms with E-state index in [0.29, 0.717) is 18.0 Å². The Morgan fingerprint density at radius 1 is 1.30 bits per heavy atom. The lowest BCUT2D eigenvalue weighted by molar-refractivity contribution is 0.0950. The molecule has 0 heterocycles. The van der Waals surface area contributed by atoms with Gasteiger partial charge in [0.2, 0.25) is 0 Å². The molecule has 1 N–H and O–H groups in total. The van der Waals surface area contributed by atoms with E-state index in [1.165, 1.54) is 11.1 Å². The Balaban J connectivity index is 1.62. The van der Waals surface area contributed by atoms with Crippen LogP contribution in [0.2, 0.25) is 0 Å². The largest absolute Gasteiger partial charge is 0.351 e. The first kappa shape index (κ1) is 13.4. The molecule has 1 aliphatic carbocycles. The molecule has 0 bridgehead atoms. The van der Waals surface area contributed by atoms with Gasteiger partial charge in [0.05, 0.1) is 0 Å². The first-order valence-electron chi connectivity index (χ1n) is 6.77. The molecule has 0 radical (unpaired) electrons. The van der Waals surface area contributed by atoms with Gasteiger partial charge >= 0.3 is 0 Å². The summed E-state index contributed by atoms with van der Waals surface area (Å²) in [5.74, 6) is 0.458. The first-order chi connectivity index (χ1) is 9.65. The average molecular weight is 330 g/mol. The fourth-order valence-electron chi connectivity index (χ4n) is 2.60. The molecule has 2 aromatic carbocycles. The summed E-state index contributed by atoms with van der Waals surface area (Å²) in [6.07, 6.45) is 1.06. The molecular weight excluding hydrogens is 314 g/mol. The molecule has 0 saturated carbocycles. The Morgan fingerprint density at radius 3 is 2.85 bits per heavy atom. The Kier molecular flexibility index (Phi) is 3.62. The van der Waals surface area contributed by atoms with Crippen LogP contribution in [0, 0.1) is 6.92 Å². The summed E-state index contributed by atoms with van der Waals surface area (Å²) < 4.78 is 0.971. The average Bonchev–Trinajstić information content (AvgIpc) is 2.42. The quantitative estimate of drug-likeness (QED) is 0.911. The van der Waals surface area contributed by atoms with Crippen molar-refractivity contribution in [3.05, 3.63) is 69.2 Å². The predicted molar refractivity (Wildman–Crippen MR) is 84.1 cm³/mol. The zero-order chi connectivity index (χ0) is 14.1. The summed E-state index contributed by atoms with van der Waals surface area (Å²) in [7, 11) is 0. The Bertz CT molecular complexity index is 666. The van der Waals surface area contributed by atoms with Gasteiger partial charge in [0.15, 0.2) is 0 Å². The second kappa shape index (κ2) is 5.41. The van der Waals surface area contributed by atoms with E-state index in [4.69, 9.17) is 0 Å². The lowest BCUT2D eigenvalue weighted by atomic mass is 9.77. The molecule has 0 fully saturated rings. The third-order valence-electron chi connectivity index (χ3n) is 3.90. The fourth-order valence-corrected chi connectivity index (χ4v) is 2.98. The Labute approximate surface area is 127 Å². The molecule has 102 valence electrons. The molecule has 1 aliphatic rings. The Hall–Kier alpha value is -1.61. The zero-order valence-electron chi connectivity index (χ0n) is 11.3. The lowest BCUT2D eigenvalue weighted by Gasteiger charge is -2.30. The zero-order valence-corrected chi connectivity index (χ0v) is 12.9.